The Balaban J connectivity index is 2.56. The topological polar surface area (TPSA) is 59.1 Å². The van der Waals surface area contributed by atoms with Crippen molar-refractivity contribution < 1.29 is 9.50 Å². The van der Waals surface area contributed by atoms with Crippen LogP contribution in [-0.4, -0.2) is 15.6 Å². The molecule has 2 aromatic rings. The maximum Gasteiger partial charge on any atom is 0.178 e. The molecule has 1 aromatic heterocycles. The van der Waals surface area contributed by atoms with E-state index in [1.807, 2.05) is 6.92 Å². The number of phenols is 1. The summed E-state index contributed by atoms with van der Waals surface area (Å²) in [6, 6.07) is 4.81. The fourth-order valence-electron chi connectivity index (χ4n) is 2.14. The van der Waals surface area contributed by atoms with Gasteiger partial charge < -0.3 is 10.8 Å². The van der Waals surface area contributed by atoms with Crippen molar-refractivity contribution in [3.63, 3.8) is 0 Å². The van der Waals surface area contributed by atoms with E-state index in [-0.39, 0.29) is 5.52 Å². The van der Waals surface area contributed by atoms with Gasteiger partial charge in [0, 0.05) is 23.5 Å². The summed E-state index contributed by atoms with van der Waals surface area (Å²) >= 11 is 0. The number of benzene rings is 1. The Morgan fingerprint density at radius 2 is 2.32 bits per heavy atom. The molecule has 1 aromatic carbocycles. The molecule has 4 heteroatoms. The lowest BCUT2D eigenvalue weighted by molar-refractivity contribution is 0.435. The van der Waals surface area contributed by atoms with Gasteiger partial charge in [0.25, 0.3) is 0 Å². The average Bonchev–Trinajstić information content (AvgIpc) is 2.35. The molecule has 0 saturated heterocycles. The molecule has 19 heavy (non-hydrogen) atoms. The van der Waals surface area contributed by atoms with Gasteiger partial charge in [0.15, 0.2) is 11.6 Å². The first-order valence-corrected chi connectivity index (χ1v) is 5.92. The highest BCUT2D eigenvalue weighted by Crippen LogP contribution is 2.30. The highest BCUT2D eigenvalue weighted by molar-refractivity contribution is 5.87. The molecule has 3 N–H and O–H groups in total. The number of rotatable bonds is 3. The third-order valence-electron chi connectivity index (χ3n) is 3.01. The summed E-state index contributed by atoms with van der Waals surface area (Å²) in [4.78, 5) is 4.01. The standard InChI is InChI=1S/C15H15FN2O/c1-3-6-15(2,17)9-10-8-12(16)14(19)13-11(10)5-4-7-18-13/h1,4-5,7-8,19H,6,9,17H2,2H3. The number of pyridine rings is 1. The van der Waals surface area contributed by atoms with Gasteiger partial charge in [-0.15, -0.1) is 12.3 Å². The fraction of sp³-hybridized carbons (Fsp3) is 0.267. The monoisotopic (exact) mass is 258 g/mol. The second kappa shape index (κ2) is 4.87. The van der Waals surface area contributed by atoms with Crippen molar-refractivity contribution in [2.45, 2.75) is 25.3 Å². The molecule has 0 amide bonds. The third-order valence-corrected chi connectivity index (χ3v) is 3.01. The van der Waals surface area contributed by atoms with Crippen LogP contribution in [0.2, 0.25) is 0 Å². The molecule has 0 aliphatic heterocycles. The Kier molecular flexibility index (Phi) is 3.41. The normalized spacial score (nSPS) is 14.0. The first kappa shape index (κ1) is 13.3. The van der Waals surface area contributed by atoms with Crippen molar-refractivity contribution in [3.8, 4) is 18.1 Å². The van der Waals surface area contributed by atoms with E-state index in [1.165, 1.54) is 12.3 Å². The molecule has 0 spiro atoms. The van der Waals surface area contributed by atoms with E-state index in [2.05, 4.69) is 10.9 Å². The molecular formula is C15H15FN2O. The molecule has 1 atom stereocenters. The number of nitrogens with two attached hydrogens (primary N) is 1. The second-order valence-electron chi connectivity index (χ2n) is 4.98. The van der Waals surface area contributed by atoms with Crippen LogP contribution in [0.15, 0.2) is 24.4 Å². The van der Waals surface area contributed by atoms with Crippen LogP contribution in [-0.2, 0) is 6.42 Å². The Bertz CT molecular complexity index is 659. The molecule has 1 unspecified atom stereocenters. The van der Waals surface area contributed by atoms with Crippen LogP contribution in [0.5, 0.6) is 5.75 Å². The highest BCUT2D eigenvalue weighted by Gasteiger charge is 2.21. The molecular weight excluding hydrogens is 243 g/mol. The number of hydrogen-bond acceptors (Lipinski definition) is 3. The van der Waals surface area contributed by atoms with Crippen LogP contribution in [0.3, 0.4) is 0 Å². The lowest BCUT2D eigenvalue weighted by atomic mass is 9.89. The molecule has 0 radical (unpaired) electrons. The molecule has 0 saturated carbocycles. The number of aromatic hydroxyl groups is 1. The SMILES string of the molecule is C#CCC(C)(N)Cc1cc(F)c(O)c2ncccc12. The number of terminal acetylenes is 1. The van der Waals surface area contributed by atoms with Gasteiger partial charge in [-0.3, -0.25) is 4.98 Å². The maximum absolute atomic E-state index is 13.7. The summed E-state index contributed by atoms with van der Waals surface area (Å²) in [6.45, 7) is 1.82. The highest BCUT2D eigenvalue weighted by atomic mass is 19.1. The zero-order valence-corrected chi connectivity index (χ0v) is 10.7. The Morgan fingerprint density at radius 3 is 3.00 bits per heavy atom. The van der Waals surface area contributed by atoms with E-state index in [0.29, 0.717) is 23.8 Å². The van der Waals surface area contributed by atoms with E-state index in [1.54, 1.807) is 12.1 Å². The number of nitrogens with zero attached hydrogens (tertiary/aromatic N) is 1. The number of halogens is 1. The molecule has 0 aliphatic rings. The predicted octanol–water partition coefficient (Wildman–Crippen LogP) is 2.36. The van der Waals surface area contributed by atoms with Crippen molar-refractivity contribution in [3.05, 3.63) is 35.8 Å². The fourth-order valence-corrected chi connectivity index (χ4v) is 2.14. The minimum Gasteiger partial charge on any atom is -0.503 e. The zero-order chi connectivity index (χ0) is 14.0. The summed E-state index contributed by atoms with van der Waals surface area (Å²) < 4.78 is 13.7. The van der Waals surface area contributed by atoms with Crippen LogP contribution in [0, 0.1) is 18.2 Å². The van der Waals surface area contributed by atoms with Crippen molar-refractivity contribution in [1.82, 2.24) is 4.98 Å². The average molecular weight is 258 g/mol. The van der Waals surface area contributed by atoms with Gasteiger partial charge in [0.1, 0.15) is 5.52 Å². The van der Waals surface area contributed by atoms with Crippen LogP contribution >= 0.6 is 0 Å². The summed E-state index contributed by atoms with van der Waals surface area (Å²) in [7, 11) is 0. The number of aromatic nitrogens is 1. The van der Waals surface area contributed by atoms with Gasteiger partial charge in [-0.1, -0.05) is 6.07 Å². The quantitative estimate of drug-likeness (QED) is 0.831. The lowest BCUT2D eigenvalue weighted by Crippen LogP contribution is -2.38. The summed E-state index contributed by atoms with van der Waals surface area (Å²) in [5.41, 5.74) is 6.40. The lowest BCUT2D eigenvalue weighted by Gasteiger charge is -2.23. The summed E-state index contributed by atoms with van der Waals surface area (Å²) in [5.74, 6) is 1.39. The summed E-state index contributed by atoms with van der Waals surface area (Å²) in [6.07, 6.45) is 7.59. The second-order valence-corrected chi connectivity index (χ2v) is 4.98. The van der Waals surface area contributed by atoms with Gasteiger partial charge >= 0.3 is 0 Å². The van der Waals surface area contributed by atoms with Crippen LogP contribution in [0.1, 0.15) is 18.9 Å². The number of phenolic OH excluding ortho intramolecular Hbond substituents is 1. The maximum atomic E-state index is 13.7. The molecule has 0 fully saturated rings. The van der Waals surface area contributed by atoms with Gasteiger partial charge in [-0.05, 0) is 31.0 Å². The van der Waals surface area contributed by atoms with Crippen molar-refractivity contribution >= 4 is 10.9 Å². The first-order valence-electron chi connectivity index (χ1n) is 5.92. The van der Waals surface area contributed by atoms with Crippen LogP contribution in [0.25, 0.3) is 10.9 Å². The Morgan fingerprint density at radius 1 is 1.58 bits per heavy atom. The molecule has 1 heterocycles. The molecule has 0 aliphatic carbocycles. The van der Waals surface area contributed by atoms with Gasteiger partial charge in [0.05, 0.1) is 0 Å². The van der Waals surface area contributed by atoms with Crippen LogP contribution in [0.4, 0.5) is 4.39 Å². The zero-order valence-electron chi connectivity index (χ0n) is 10.7. The summed E-state index contributed by atoms with van der Waals surface area (Å²) in [5, 5.41) is 10.4. The molecule has 2 rings (SSSR count). The Hall–Kier alpha value is -2.12. The number of hydrogen-bond donors (Lipinski definition) is 2. The smallest absolute Gasteiger partial charge is 0.178 e. The van der Waals surface area contributed by atoms with Crippen molar-refractivity contribution in [1.29, 1.82) is 0 Å². The minimum atomic E-state index is -0.697. The van der Waals surface area contributed by atoms with E-state index in [4.69, 9.17) is 12.2 Å². The third kappa shape index (κ3) is 2.67. The number of fused-ring (bicyclic) bond motifs is 1. The van der Waals surface area contributed by atoms with E-state index in [9.17, 15) is 9.50 Å². The molecule has 3 nitrogen and oxygen atoms in total. The molecule has 98 valence electrons. The van der Waals surface area contributed by atoms with Crippen molar-refractivity contribution in [2.24, 2.45) is 5.73 Å². The van der Waals surface area contributed by atoms with Gasteiger partial charge in [-0.25, -0.2) is 4.39 Å². The van der Waals surface area contributed by atoms with E-state index in [0.717, 1.165) is 0 Å². The minimum absolute atomic E-state index is 0.244. The van der Waals surface area contributed by atoms with E-state index >= 15 is 0 Å². The van der Waals surface area contributed by atoms with Gasteiger partial charge in [0.2, 0.25) is 0 Å². The van der Waals surface area contributed by atoms with Crippen molar-refractivity contribution in [2.75, 3.05) is 0 Å². The Labute approximate surface area is 111 Å². The first-order chi connectivity index (χ1) is 8.94. The molecule has 0 bridgehead atoms. The predicted molar refractivity (Wildman–Crippen MR) is 73.1 cm³/mol. The van der Waals surface area contributed by atoms with E-state index < -0.39 is 17.1 Å². The largest absolute Gasteiger partial charge is 0.503 e. The van der Waals surface area contributed by atoms with Gasteiger partial charge in [-0.2, -0.15) is 0 Å². The van der Waals surface area contributed by atoms with Crippen LogP contribution < -0.4 is 5.73 Å².